The molecule has 0 aliphatic carbocycles. The molecule has 2 aromatic rings. The van der Waals surface area contributed by atoms with Crippen molar-refractivity contribution in [2.45, 2.75) is 6.10 Å². The molecular weight excluding hydrogens is 326 g/mol. The number of nitro benzene ring substituents is 1. The van der Waals surface area contributed by atoms with Crippen molar-refractivity contribution in [3.05, 3.63) is 81.6 Å². The van der Waals surface area contributed by atoms with Crippen molar-refractivity contribution in [3.8, 4) is 0 Å². The average Bonchev–Trinajstić information content (AvgIpc) is 2.61. The van der Waals surface area contributed by atoms with Crippen LogP contribution in [-0.2, 0) is 14.3 Å². The number of nitro groups is 1. The van der Waals surface area contributed by atoms with Crippen molar-refractivity contribution in [3.63, 3.8) is 0 Å². The molecule has 0 spiro atoms. The van der Waals surface area contributed by atoms with Crippen LogP contribution < -0.4 is 0 Å². The van der Waals surface area contributed by atoms with Gasteiger partial charge in [0.05, 0.1) is 18.3 Å². The standard InChI is InChI=1S/C18H17NO6/c1-24-11-16(18(20)21)14-8-3-4-9-15(14)17(25-2)12-6-5-7-13(10-12)19(22)23/h3-11,17H,1-2H3,(H,20,21)/b16-11+. The van der Waals surface area contributed by atoms with Crippen molar-refractivity contribution < 1.29 is 24.3 Å². The lowest BCUT2D eigenvalue weighted by molar-refractivity contribution is -0.385. The molecule has 1 unspecified atom stereocenters. The molecule has 0 bridgehead atoms. The number of ether oxygens (including phenoxy) is 2. The minimum Gasteiger partial charge on any atom is -0.503 e. The largest absolute Gasteiger partial charge is 0.503 e. The molecule has 0 saturated carbocycles. The predicted molar refractivity (Wildman–Crippen MR) is 91.0 cm³/mol. The monoisotopic (exact) mass is 343 g/mol. The third kappa shape index (κ3) is 4.02. The molecule has 2 rings (SSSR count). The molecule has 0 aliphatic rings. The molecule has 0 fully saturated rings. The fraction of sp³-hybridized carbons (Fsp3) is 0.167. The molecule has 0 heterocycles. The minimum atomic E-state index is -1.15. The lowest BCUT2D eigenvalue weighted by Crippen LogP contribution is -2.10. The first-order valence-electron chi connectivity index (χ1n) is 7.32. The van der Waals surface area contributed by atoms with Gasteiger partial charge in [-0.2, -0.15) is 0 Å². The summed E-state index contributed by atoms with van der Waals surface area (Å²) in [6, 6.07) is 12.8. The van der Waals surface area contributed by atoms with E-state index in [0.717, 1.165) is 6.26 Å². The number of benzene rings is 2. The smallest absolute Gasteiger partial charge is 0.339 e. The Labute approximate surface area is 144 Å². The van der Waals surface area contributed by atoms with Crippen LogP contribution in [0.4, 0.5) is 5.69 Å². The Balaban J connectivity index is 2.59. The maximum atomic E-state index is 11.6. The topological polar surface area (TPSA) is 98.9 Å². The van der Waals surface area contributed by atoms with Crippen LogP contribution in [0.3, 0.4) is 0 Å². The SMILES string of the molecule is CO/C=C(/C(=O)O)c1ccccc1C(OC)c1cccc([N+](=O)[O-])c1. The van der Waals surface area contributed by atoms with E-state index in [1.54, 1.807) is 36.4 Å². The summed E-state index contributed by atoms with van der Waals surface area (Å²) in [5.41, 5.74) is 1.42. The first-order valence-corrected chi connectivity index (χ1v) is 7.32. The second-order valence-corrected chi connectivity index (χ2v) is 5.13. The van der Waals surface area contributed by atoms with Gasteiger partial charge in [-0.3, -0.25) is 10.1 Å². The quantitative estimate of drug-likeness (QED) is 0.358. The van der Waals surface area contributed by atoms with Gasteiger partial charge < -0.3 is 14.6 Å². The number of hydrogen-bond acceptors (Lipinski definition) is 5. The van der Waals surface area contributed by atoms with Gasteiger partial charge in [0.15, 0.2) is 0 Å². The Morgan fingerprint density at radius 2 is 1.92 bits per heavy atom. The Morgan fingerprint density at radius 3 is 2.52 bits per heavy atom. The van der Waals surface area contributed by atoms with Gasteiger partial charge in [0.1, 0.15) is 11.7 Å². The number of hydrogen-bond donors (Lipinski definition) is 1. The summed E-state index contributed by atoms with van der Waals surface area (Å²) < 4.78 is 10.4. The van der Waals surface area contributed by atoms with Gasteiger partial charge in [-0.05, 0) is 16.7 Å². The number of methoxy groups -OCH3 is 2. The predicted octanol–water partition coefficient (Wildman–Crippen LogP) is 3.40. The van der Waals surface area contributed by atoms with E-state index in [9.17, 15) is 20.0 Å². The number of rotatable bonds is 7. The van der Waals surface area contributed by atoms with E-state index in [1.165, 1.54) is 26.4 Å². The molecular formula is C18H17NO6. The Bertz CT molecular complexity index is 815. The highest BCUT2D eigenvalue weighted by molar-refractivity contribution is 6.15. The van der Waals surface area contributed by atoms with Crippen molar-refractivity contribution >= 4 is 17.2 Å². The highest BCUT2D eigenvalue weighted by atomic mass is 16.6. The van der Waals surface area contributed by atoms with E-state index in [-0.39, 0.29) is 11.3 Å². The van der Waals surface area contributed by atoms with Gasteiger partial charge in [-0.25, -0.2) is 4.79 Å². The van der Waals surface area contributed by atoms with Gasteiger partial charge >= 0.3 is 5.97 Å². The van der Waals surface area contributed by atoms with Gasteiger partial charge in [0, 0.05) is 19.2 Å². The lowest BCUT2D eigenvalue weighted by atomic mass is 9.92. The van der Waals surface area contributed by atoms with E-state index in [1.807, 2.05) is 0 Å². The fourth-order valence-electron chi connectivity index (χ4n) is 2.56. The molecule has 1 N–H and O–H groups in total. The summed E-state index contributed by atoms with van der Waals surface area (Å²) in [5, 5.41) is 20.5. The van der Waals surface area contributed by atoms with E-state index in [2.05, 4.69) is 0 Å². The van der Waals surface area contributed by atoms with E-state index < -0.39 is 17.0 Å². The van der Waals surface area contributed by atoms with Crippen molar-refractivity contribution in [2.75, 3.05) is 14.2 Å². The molecule has 25 heavy (non-hydrogen) atoms. The summed E-state index contributed by atoms with van der Waals surface area (Å²) in [7, 11) is 2.82. The van der Waals surface area contributed by atoms with Gasteiger partial charge in [0.2, 0.25) is 0 Å². The molecule has 1 atom stereocenters. The fourth-order valence-corrected chi connectivity index (χ4v) is 2.56. The molecule has 130 valence electrons. The third-order valence-corrected chi connectivity index (χ3v) is 3.62. The first-order chi connectivity index (χ1) is 12.0. The number of nitrogens with zero attached hydrogens (tertiary/aromatic N) is 1. The van der Waals surface area contributed by atoms with E-state index >= 15 is 0 Å². The highest BCUT2D eigenvalue weighted by Crippen LogP contribution is 2.33. The third-order valence-electron chi connectivity index (χ3n) is 3.62. The van der Waals surface area contributed by atoms with E-state index in [0.29, 0.717) is 16.7 Å². The van der Waals surface area contributed by atoms with Crippen molar-refractivity contribution in [2.24, 2.45) is 0 Å². The Kier molecular flexibility index (Phi) is 5.86. The normalized spacial score (nSPS) is 12.5. The molecule has 2 aromatic carbocycles. The zero-order valence-electron chi connectivity index (χ0n) is 13.7. The van der Waals surface area contributed by atoms with Crippen LogP contribution in [0, 0.1) is 10.1 Å². The zero-order chi connectivity index (χ0) is 18.4. The summed E-state index contributed by atoms with van der Waals surface area (Å²) in [5.74, 6) is -1.15. The van der Waals surface area contributed by atoms with Crippen LogP contribution in [0.1, 0.15) is 22.8 Å². The molecule has 7 heteroatoms. The number of non-ortho nitro benzene ring substituents is 1. The highest BCUT2D eigenvalue weighted by Gasteiger charge is 2.23. The van der Waals surface area contributed by atoms with Gasteiger partial charge in [0.25, 0.3) is 5.69 Å². The number of carbonyl (C=O) groups is 1. The zero-order valence-corrected chi connectivity index (χ0v) is 13.7. The van der Waals surface area contributed by atoms with Crippen LogP contribution >= 0.6 is 0 Å². The first kappa shape index (κ1) is 18.2. The van der Waals surface area contributed by atoms with Crippen LogP contribution in [0.15, 0.2) is 54.8 Å². The van der Waals surface area contributed by atoms with Crippen LogP contribution in [0.5, 0.6) is 0 Å². The molecule has 0 radical (unpaired) electrons. The second-order valence-electron chi connectivity index (χ2n) is 5.13. The Hall–Kier alpha value is -3.19. The summed E-state index contributed by atoms with van der Waals surface area (Å²) in [6.45, 7) is 0. The van der Waals surface area contributed by atoms with Crippen LogP contribution in [0.2, 0.25) is 0 Å². The Morgan fingerprint density at radius 1 is 1.20 bits per heavy atom. The minimum absolute atomic E-state index is 0.0365. The second kappa shape index (κ2) is 8.07. The van der Waals surface area contributed by atoms with Crippen molar-refractivity contribution in [1.29, 1.82) is 0 Å². The lowest BCUT2D eigenvalue weighted by Gasteiger charge is -2.20. The maximum absolute atomic E-state index is 11.6. The van der Waals surface area contributed by atoms with E-state index in [4.69, 9.17) is 9.47 Å². The number of aliphatic carboxylic acids is 1. The van der Waals surface area contributed by atoms with Gasteiger partial charge in [-0.15, -0.1) is 0 Å². The summed E-state index contributed by atoms with van der Waals surface area (Å²) in [6.07, 6.45) is 0.470. The number of carboxylic acid groups (broad SMARTS) is 1. The molecule has 0 aromatic heterocycles. The summed E-state index contributed by atoms with van der Waals surface area (Å²) >= 11 is 0. The van der Waals surface area contributed by atoms with Crippen molar-refractivity contribution in [1.82, 2.24) is 0 Å². The average molecular weight is 343 g/mol. The molecule has 0 amide bonds. The van der Waals surface area contributed by atoms with Crippen LogP contribution in [0.25, 0.3) is 5.57 Å². The number of carboxylic acids is 1. The molecule has 0 aliphatic heterocycles. The van der Waals surface area contributed by atoms with Crippen LogP contribution in [-0.4, -0.2) is 30.2 Å². The maximum Gasteiger partial charge on any atom is 0.339 e. The molecule has 7 nitrogen and oxygen atoms in total. The summed E-state index contributed by atoms with van der Waals surface area (Å²) in [4.78, 5) is 22.1. The molecule has 0 saturated heterocycles. The van der Waals surface area contributed by atoms with Gasteiger partial charge in [-0.1, -0.05) is 36.4 Å².